The smallest absolute Gasteiger partial charge is 0.0998 e. The zero-order chi connectivity index (χ0) is 12.3. The van der Waals surface area contributed by atoms with Crippen LogP contribution < -0.4 is 0 Å². The largest absolute Gasteiger partial charge is 0.392 e. The number of nitriles is 1. The average Bonchev–Trinajstić information content (AvgIpc) is 2.38. The second kappa shape index (κ2) is 5.13. The summed E-state index contributed by atoms with van der Waals surface area (Å²) in [6.07, 6.45) is 0. The number of hydrogen-bond donors (Lipinski definition) is 1. The molecule has 1 N–H and O–H groups in total. The summed E-state index contributed by atoms with van der Waals surface area (Å²) in [4.78, 5) is 0. The summed E-state index contributed by atoms with van der Waals surface area (Å²) in [7, 11) is 0. The highest BCUT2D eigenvalue weighted by Gasteiger charge is 2.06. The third-order valence-electron chi connectivity index (χ3n) is 2.58. The van der Waals surface area contributed by atoms with Crippen molar-refractivity contribution in [2.24, 2.45) is 0 Å². The van der Waals surface area contributed by atoms with Crippen LogP contribution in [0.1, 0.15) is 11.1 Å². The van der Waals surface area contributed by atoms with Crippen molar-refractivity contribution in [3.8, 4) is 17.2 Å². The number of halogens is 1. The highest BCUT2D eigenvalue weighted by atomic mass is 79.9. The predicted molar refractivity (Wildman–Crippen MR) is 70.2 cm³/mol. The second-order valence-corrected chi connectivity index (χ2v) is 4.48. The first-order valence-corrected chi connectivity index (χ1v) is 5.94. The standard InChI is InChI=1S/C14H10BrNO/c15-14-7-10(5-6-12(14)9-17)13-4-2-1-3-11(13)8-16/h1-7,17H,9H2. The van der Waals surface area contributed by atoms with Gasteiger partial charge in [-0.3, -0.25) is 0 Å². The molecule has 0 atom stereocenters. The van der Waals surface area contributed by atoms with E-state index in [1.54, 1.807) is 6.07 Å². The molecule has 0 aliphatic rings. The summed E-state index contributed by atoms with van der Waals surface area (Å²) in [5.41, 5.74) is 3.35. The maximum Gasteiger partial charge on any atom is 0.0998 e. The van der Waals surface area contributed by atoms with E-state index in [-0.39, 0.29) is 6.61 Å². The molecule has 2 nitrogen and oxygen atoms in total. The molecule has 0 fully saturated rings. The Labute approximate surface area is 108 Å². The van der Waals surface area contributed by atoms with Crippen molar-refractivity contribution in [2.75, 3.05) is 0 Å². The molecule has 0 saturated carbocycles. The van der Waals surface area contributed by atoms with Crippen molar-refractivity contribution in [2.45, 2.75) is 6.61 Å². The average molecular weight is 288 g/mol. The molecule has 0 radical (unpaired) electrons. The Bertz CT molecular complexity index is 587. The number of aliphatic hydroxyl groups excluding tert-OH is 1. The van der Waals surface area contributed by atoms with E-state index in [9.17, 15) is 0 Å². The number of nitrogens with zero attached hydrogens (tertiary/aromatic N) is 1. The van der Waals surface area contributed by atoms with Crippen LogP contribution in [0.4, 0.5) is 0 Å². The lowest BCUT2D eigenvalue weighted by atomic mass is 9.99. The van der Waals surface area contributed by atoms with Gasteiger partial charge in [-0.05, 0) is 28.8 Å². The third kappa shape index (κ3) is 2.38. The third-order valence-corrected chi connectivity index (χ3v) is 3.32. The van der Waals surface area contributed by atoms with Crippen LogP contribution in [0.2, 0.25) is 0 Å². The van der Waals surface area contributed by atoms with Crippen molar-refractivity contribution in [3.05, 3.63) is 58.1 Å². The molecule has 84 valence electrons. The van der Waals surface area contributed by atoms with Gasteiger partial charge in [-0.1, -0.05) is 46.3 Å². The predicted octanol–water partition coefficient (Wildman–Crippen LogP) is 3.48. The Morgan fingerprint density at radius 2 is 1.94 bits per heavy atom. The number of aliphatic hydroxyl groups is 1. The summed E-state index contributed by atoms with van der Waals surface area (Å²) in [6, 6.07) is 15.3. The molecule has 0 aliphatic heterocycles. The minimum atomic E-state index is 0.000754. The van der Waals surface area contributed by atoms with Crippen LogP contribution in [0.5, 0.6) is 0 Å². The van der Waals surface area contributed by atoms with Crippen LogP contribution in [0.3, 0.4) is 0 Å². The van der Waals surface area contributed by atoms with Crippen LogP contribution >= 0.6 is 15.9 Å². The molecular formula is C14H10BrNO. The van der Waals surface area contributed by atoms with Crippen molar-refractivity contribution in [3.63, 3.8) is 0 Å². The fourth-order valence-electron chi connectivity index (χ4n) is 1.68. The molecule has 0 aliphatic carbocycles. The first kappa shape index (κ1) is 11.8. The lowest BCUT2D eigenvalue weighted by Crippen LogP contribution is -1.88. The molecule has 0 spiro atoms. The number of benzene rings is 2. The van der Waals surface area contributed by atoms with E-state index < -0.39 is 0 Å². The molecule has 2 aromatic rings. The summed E-state index contributed by atoms with van der Waals surface area (Å²) >= 11 is 3.41. The monoisotopic (exact) mass is 287 g/mol. The van der Waals surface area contributed by atoms with Gasteiger partial charge in [0.05, 0.1) is 18.2 Å². The van der Waals surface area contributed by atoms with Crippen LogP contribution in [0.15, 0.2) is 46.9 Å². The Kier molecular flexibility index (Phi) is 3.58. The normalized spacial score (nSPS) is 9.94. The van der Waals surface area contributed by atoms with E-state index in [2.05, 4.69) is 22.0 Å². The lowest BCUT2D eigenvalue weighted by molar-refractivity contribution is 0.281. The van der Waals surface area contributed by atoms with Crippen LogP contribution in [0.25, 0.3) is 11.1 Å². The van der Waals surface area contributed by atoms with Gasteiger partial charge in [-0.25, -0.2) is 0 Å². The molecule has 0 saturated heterocycles. The van der Waals surface area contributed by atoms with Gasteiger partial charge in [-0.2, -0.15) is 5.26 Å². The molecule has 0 heterocycles. The highest BCUT2D eigenvalue weighted by molar-refractivity contribution is 9.10. The van der Waals surface area contributed by atoms with E-state index in [0.717, 1.165) is 21.2 Å². The van der Waals surface area contributed by atoms with Gasteiger partial charge < -0.3 is 5.11 Å². The lowest BCUT2D eigenvalue weighted by Gasteiger charge is -2.07. The molecular weight excluding hydrogens is 278 g/mol. The minimum Gasteiger partial charge on any atom is -0.392 e. The first-order valence-electron chi connectivity index (χ1n) is 5.15. The summed E-state index contributed by atoms with van der Waals surface area (Å²) < 4.78 is 0.852. The van der Waals surface area contributed by atoms with E-state index in [0.29, 0.717) is 5.56 Å². The summed E-state index contributed by atoms with van der Waals surface area (Å²) in [5, 5.41) is 18.1. The summed E-state index contributed by atoms with van der Waals surface area (Å²) in [6.45, 7) is 0.000754. The van der Waals surface area contributed by atoms with Gasteiger partial charge in [0.1, 0.15) is 0 Å². The molecule has 0 unspecified atom stereocenters. The van der Waals surface area contributed by atoms with Crippen LogP contribution in [-0.4, -0.2) is 5.11 Å². The highest BCUT2D eigenvalue weighted by Crippen LogP contribution is 2.28. The Morgan fingerprint density at radius 1 is 1.18 bits per heavy atom. The number of rotatable bonds is 2. The van der Waals surface area contributed by atoms with Crippen LogP contribution in [0, 0.1) is 11.3 Å². The van der Waals surface area contributed by atoms with E-state index in [4.69, 9.17) is 10.4 Å². The number of hydrogen-bond acceptors (Lipinski definition) is 2. The van der Waals surface area contributed by atoms with Gasteiger partial charge in [0.15, 0.2) is 0 Å². The maximum atomic E-state index is 9.10. The Balaban J connectivity index is 2.54. The molecule has 2 aromatic carbocycles. The van der Waals surface area contributed by atoms with E-state index in [1.165, 1.54) is 0 Å². The first-order chi connectivity index (χ1) is 8.26. The SMILES string of the molecule is N#Cc1ccccc1-c1ccc(CO)c(Br)c1. The van der Waals surface area contributed by atoms with Crippen molar-refractivity contribution in [1.82, 2.24) is 0 Å². The van der Waals surface area contributed by atoms with Gasteiger partial charge in [0.2, 0.25) is 0 Å². The van der Waals surface area contributed by atoms with Crippen molar-refractivity contribution < 1.29 is 5.11 Å². The van der Waals surface area contributed by atoms with E-state index >= 15 is 0 Å². The van der Waals surface area contributed by atoms with Crippen molar-refractivity contribution in [1.29, 1.82) is 5.26 Å². The molecule has 17 heavy (non-hydrogen) atoms. The van der Waals surface area contributed by atoms with Gasteiger partial charge in [0, 0.05) is 4.47 Å². The Morgan fingerprint density at radius 3 is 2.59 bits per heavy atom. The fourth-order valence-corrected chi connectivity index (χ4v) is 2.18. The van der Waals surface area contributed by atoms with Gasteiger partial charge in [0.25, 0.3) is 0 Å². The molecule has 0 aromatic heterocycles. The van der Waals surface area contributed by atoms with Gasteiger partial charge in [-0.15, -0.1) is 0 Å². The minimum absolute atomic E-state index is 0.000754. The molecule has 0 bridgehead atoms. The zero-order valence-electron chi connectivity index (χ0n) is 9.02. The van der Waals surface area contributed by atoms with Crippen LogP contribution in [-0.2, 0) is 6.61 Å². The fraction of sp³-hybridized carbons (Fsp3) is 0.0714. The maximum absolute atomic E-state index is 9.10. The topological polar surface area (TPSA) is 44.0 Å². The summed E-state index contributed by atoms with van der Waals surface area (Å²) in [5.74, 6) is 0. The molecule has 3 heteroatoms. The Hall–Kier alpha value is -1.63. The quantitative estimate of drug-likeness (QED) is 0.919. The second-order valence-electron chi connectivity index (χ2n) is 3.62. The van der Waals surface area contributed by atoms with E-state index in [1.807, 2.05) is 36.4 Å². The zero-order valence-corrected chi connectivity index (χ0v) is 10.6. The van der Waals surface area contributed by atoms with Gasteiger partial charge >= 0.3 is 0 Å². The van der Waals surface area contributed by atoms with Crippen molar-refractivity contribution >= 4 is 15.9 Å². The molecule has 0 amide bonds. The molecule has 2 rings (SSSR count).